The summed E-state index contributed by atoms with van der Waals surface area (Å²) in [5.74, 6) is 0. The van der Waals surface area contributed by atoms with Gasteiger partial charge in [0.2, 0.25) is 0 Å². The molecule has 0 radical (unpaired) electrons. The quantitative estimate of drug-likeness (QED) is 0.325. The Hall–Kier alpha value is 0.230. The standard InChI is InChI=1S/C14H30B2O11P2/c1-7(2)23-11-9(5-21-13(11)15)25-29(19,20)27-12-10(6-22-14(12)16)26-28(17,18)24-8(3)4/h7-14H,5-6,15-16H2,1-4H3,(H,17,18)(H,19,20)/t9?,10?,11-,12-,13+,14+/m0/s1. The Bertz CT molecular complexity index is 637. The number of hydrogen-bond acceptors (Lipinski definition) is 9. The highest BCUT2D eigenvalue weighted by molar-refractivity contribution is 7.47. The van der Waals surface area contributed by atoms with Crippen LogP contribution in [0.25, 0.3) is 0 Å². The Balaban J connectivity index is 2.03. The molecule has 168 valence electrons. The van der Waals surface area contributed by atoms with Crippen molar-refractivity contribution in [2.24, 2.45) is 0 Å². The van der Waals surface area contributed by atoms with Crippen LogP contribution in [-0.4, -0.2) is 87.3 Å². The van der Waals surface area contributed by atoms with Crippen molar-refractivity contribution < 1.29 is 51.2 Å². The van der Waals surface area contributed by atoms with Crippen LogP contribution < -0.4 is 0 Å². The zero-order valence-electron chi connectivity index (χ0n) is 17.5. The van der Waals surface area contributed by atoms with Crippen LogP contribution in [0.1, 0.15) is 27.7 Å². The van der Waals surface area contributed by atoms with Gasteiger partial charge in [0.05, 0.1) is 37.4 Å². The second-order valence-corrected chi connectivity index (χ2v) is 10.4. The lowest BCUT2D eigenvalue weighted by atomic mass is 9.93. The lowest BCUT2D eigenvalue weighted by molar-refractivity contribution is -0.0546. The molecular weight excluding hydrogens is 428 g/mol. The van der Waals surface area contributed by atoms with E-state index in [9.17, 15) is 18.9 Å². The second kappa shape index (κ2) is 10.2. The molecule has 8 atom stereocenters. The van der Waals surface area contributed by atoms with Gasteiger partial charge in [0.15, 0.2) is 0 Å². The lowest BCUT2D eigenvalue weighted by Crippen LogP contribution is -2.38. The maximum Gasteiger partial charge on any atom is 0.473 e. The number of rotatable bonds is 10. The third-order valence-corrected chi connectivity index (χ3v) is 6.54. The van der Waals surface area contributed by atoms with Gasteiger partial charge in [-0.15, -0.1) is 0 Å². The molecule has 0 aromatic carbocycles. The first-order valence-corrected chi connectivity index (χ1v) is 12.6. The van der Waals surface area contributed by atoms with Gasteiger partial charge in [-0.25, -0.2) is 9.13 Å². The molecule has 11 nitrogen and oxygen atoms in total. The van der Waals surface area contributed by atoms with E-state index in [4.69, 9.17) is 32.3 Å². The molecule has 2 fully saturated rings. The van der Waals surface area contributed by atoms with Crippen LogP contribution in [0.4, 0.5) is 0 Å². The van der Waals surface area contributed by atoms with Crippen molar-refractivity contribution in [2.75, 3.05) is 13.2 Å². The average molecular weight is 458 g/mol. The van der Waals surface area contributed by atoms with Gasteiger partial charge in [0, 0.05) is 0 Å². The van der Waals surface area contributed by atoms with Crippen LogP contribution in [0, 0.1) is 0 Å². The topological polar surface area (TPSA) is 139 Å². The zero-order valence-corrected chi connectivity index (χ0v) is 19.3. The average Bonchev–Trinajstić information content (AvgIpc) is 3.03. The minimum absolute atomic E-state index is 0.0666. The van der Waals surface area contributed by atoms with Crippen LogP contribution in [-0.2, 0) is 41.4 Å². The fourth-order valence-electron chi connectivity index (χ4n) is 3.14. The molecule has 0 saturated carbocycles. The Morgan fingerprint density at radius 3 is 1.83 bits per heavy atom. The molecule has 2 rings (SSSR count). The smallest absolute Gasteiger partial charge is 0.382 e. The Labute approximate surface area is 172 Å². The number of hydrogen-bond donors (Lipinski definition) is 2. The van der Waals surface area contributed by atoms with E-state index in [1.165, 1.54) is 0 Å². The van der Waals surface area contributed by atoms with Crippen LogP contribution in [0.5, 0.6) is 0 Å². The van der Waals surface area contributed by atoms with E-state index in [1.54, 1.807) is 29.5 Å². The van der Waals surface area contributed by atoms with Crippen molar-refractivity contribution in [3.63, 3.8) is 0 Å². The van der Waals surface area contributed by atoms with Gasteiger partial charge in [-0.3, -0.25) is 18.1 Å². The lowest BCUT2D eigenvalue weighted by Gasteiger charge is -2.28. The van der Waals surface area contributed by atoms with Crippen molar-refractivity contribution in [3.05, 3.63) is 0 Å². The second-order valence-electron chi connectivity index (χ2n) is 7.68. The van der Waals surface area contributed by atoms with E-state index >= 15 is 0 Å². The number of phosphoric ester groups is 2. The van der Waals surface area contributed by atoms with Gasteiger partial charge in [-0.2, -0.15) is 0 Å². The Morgan fingerprint density at radius 1 is 0.828 bits per heavy atom. The largest absolute Gasteiger partial charge is 0.473 e. The van der Waals surface area contributed by atoms with E-state index in [1.807, 2.05) is 13.8 Å². The monoisotopic (exact) mass is 458 g/mol. The molecule has 0 spiro atoms. The van der Waals surface area contributed by atoms with Crippen molar-refractivity contribution in [3.8, 4) is 0 Å². The Morgan fingerprint density at radius 2 is 1.31 bits per heavy atom. The van der Waals surface area contributed by atoms with E-state index < -0.39 is 52.2 Å². The highest BCUT2D eigenvalue weighted by Crippen LogP contribution is 2.52. The van der Waals surface area contributed by atoms with Gasteiger partial charge >= 0.3 is 15.6 Å². The van der Waals surface area contributed by atoms with Crippen molar-refractivity contribution in [2.45, 2.75) is 76.3 Å². The summed E-state index contributed by atoms with van der Waals surface area (Å²) < 4.78 is 61.8. The fourth-order valence-corrected chi connectivity index (χ4v) is 5.43. The predicted octanol–water partition coefficient (Wildman–Crippen LogP) is -0.460. The molecule has 4 unspecified atom stereocenters. The van der Waals surface area contributed by atoms with Gasteiger partial charge in [-0.05, 0) is 27.7 Å². The van der Waals surface area contributed by atoms with E-state index in [-0.39, 0.29) is 25.3 Å². The van der Waals surface area contributed by atoms with Gasteiger partial charge < -0.3 is 24.0 Å². The van der Waals surface area contributed by atoms with Crippen LogP contribution in [0.15, 0.2) is 0 Å². The maximum absolute atomic E-state index is 12.6. The maximum atomic E-state index is 12.6. The van der Waals surface area contributed by atoms with Crippen molar-refractivity contribution >= 4 is 31.3 Å². The molecule has 0 aliphatic carbocycles. The molecule has 0 aromatic rings. The molecule has 2 aliphatic heterocycles. The first-order valence-electron chi connectivity index (χ1n) is 9.57. The third-order valence-electron chi connectivity index (χ3n) is 4.27. The summed E-state index contributed by atoms with van der Waals surface area (Å²) in [7, 11) is -5.63. The highest BCUT2D eigenvalue weighted by Gasteiger charge is 2.47. The normalized spacial score (nSPS) is 37.1. The first kappa shape index (κ1) is 25.5. The molecular formula is C14H30B2O11P2. The molecule has 15 heteroatoms. The number of ether oxygens (including phenoxy) is 3. The molecule has 0 bridgehead atoms. The summed E-state index contributed by atoms with van der Waals surface area (Å²) in [5.41, 5.74) is 0. The summed E-state index contributed by atoms with van der Waals surface area (Å²) in [5, 5.41) is 0. The van der Waals surface area contributed by atoms with E-state index in [2.05, 4.69) is 0 Å². The van der Waals surface area contributed by atoms with Gasteiger partial charge in [0.1, 0.15) is 40.1 Å². The fraction of sp³-hybridized carbons (Fsp3) is 1.00. The van der Waals surface area contributed by atoms with E-state index in [0.717, 1.165) is 0 Å². The molecule has 2 saturated heterocycles. The van der Waals surface area contributed by atoms with Gasteiger partial charge in [-0.1, -0.05) is 0 Å². The summed E-state index contributed by atoms with van der Waals surface area (Å²) in [6, 6.07) is -0.995. The minimum atomic E-state index is -4.60. The summed E-state index contributed by atoms with van der Waals surface area (Å²) in [6.45, 7) is 6.78. The summed E-state index contributed by atoms with van der Waals surface area (Å²) in [4.78, 5) is 20.1. The van der Waals surface area contributed by atoms with Crippen molar-refractivity contribution in [1.82, 2.24) is 0 Å². The first-order chi connectivity index (χ1) is 13.3. The summed E-state index contributed by atoms with van der Waals surface area (Å²) >= 11 is 0. The molecule has 0 aromatic heterocycles. The van der Waals surface area contributed by atoms with Gasteiger partial charge in [0.25, 0.3) is 0 Å². The van der Waals surface area contributed by atoms with Crippen LogP contribution in [0.3, 0.4) is 0 Å². The van der Waals surface area contributed by atoms with Crippen LogP contribution >= 0.6 is 15.6 Å². The molecule has 0 amide bonds. The molecule has 2 aliphatic rings. The van der Waals surface area contributed by atoms with E-state index in [0.29, 0.717) is 0 Å². The molecule has 2 heterocycles. The summed E-state index contributed by atoms with van der Waals surface area (Å²) in [6.07, 6.45) is -4.25. The Kier molecular flexibility index (Phi) is 8.99. The SMILES string of the molecule is B[C@@H]1OCC(OP(=O)(O)O[C@H]2C(OP(=O)(O)OC(C)C)CO[C@H]2B)[C@@H]1OC(C)C. The predicted molar refractivity (Wildman–Crippen MR) is 107 cm³/mol. The molecule has 29 heavy (non-hydrogen) atoms. The number of phosphoric acid groups is 2. The van der Waals surface area contributed by atoms with Crippen molar-refractivity contribution in [1.29, 1.82) is 0 Å². The highest BCUT2D eigenvalue weighted by atomic mass is 31.2. The van der Waals surface area contributed by atoms with Crippen LogP contribution in [0.2, 0.25) is 0 Å². The zero-order chi connectivity index (χ0) is 22.0. The third kappa shape index (κ3) is 7.70. The molecule has 2 N–H and O–H groups in total. The minimum Gasteiger partial charge on any atom is -0.382 e.